The minimum atomic E-state index is -1.22. The van der Waals surface area contributed by atoms with E-state index in [2.05, 4.69) is 0 Å². The van der Waals surface area contributed by atoms with Crippen LogP contribution in [-0.4, -0.2) is 58.3 Å². The Morgan fingerprint density at radius 2 is 1.88 bits per heavy atom. The third-order valence-corrected chi connectivity index (χ3v) is 0.634. The fraction of sp³-hybridized carbons (Fsp3) is 0.750. The van der Waals surface area contributed by atoms with Crippen molar-refractivity contribution in [1.29, 1.82) is 0 Å². The van der Waals surface area contributed by atoms with Crippen molar-refractivity contribution in [2.45, 2.75) is 19.1 Å². The summed E-state index contributed by atoms with van der Waals surface area (Å²) in [6.45, 7) is 1.35. The molecule has 0 spiro atoms. The van der Waals surface area contributed by atoms with E-state index in [9.17, 15) is 4.79 Å². The molecule has 0 amide bonds. The summed E-state index contributed by atoms with van der Waals surface area (Å²) in [7, 11) is 0. The molecule has 0 rings (SSSR count). The molecule has 0 radical (unpaired) electrons. The molecule has 0 aliphatic heterocycles. The van der Waals surface area contributed by atoms with Gasteiger partial charge in [0.25, 0.3) is 0 Å². The number of aliphatic hydroxyl groups excluding tert-OH is 2. The van der Waals surface area contributed by atoms with Crippen LogP contribution in [0.2, 0.25) is 0 Å². The van der Waals surface area contributed by atoms with Crippen molar-refractivity contribution < 1.29 is 15.0 Å². The fourth-order valence-corrected chi connectivity index (χ4v) is 0.114. The van der Waals surface area contributed by atoms with Crippen LogP contribution in [-0.2, 0) is 4.79 Å². The molecule has 4 heteroatoms. The van der Waals surface area contributed by atoms with Gasteiger partial charge in [-0.1, -0.05) is 0 Å². The Kier molecular flexibility index (Phi) is 8.15. The molecule has 44 valence electrons. The molecular weight excluding hydrogens is 119 g/mol. The van der Waals surface area contributed by atoms with Crippen LogP contribution in [0.4, 0.5) is 0 Å². The molecule has 0 aliphatic carbocycles. The van der Waals surface area contributed by atoms with Crippen LogP contribution in [0.5, 0.6) is 0 Å². The molecule has 0 bridgehead atoms. The Bertz CT molecular complexity index is 64.3. The molecule has 0 aromatic carbocycles. The fourth-order valence-electron chi connectivity index (χ4n) is 0.114. The van der Waals surface area contributed by atoms with Gasteiger partial charge in [0, 0.05) is 0 Å². The predicted octanol–water partition coefficient (Wildman–Crippen LogP) is -1.72. The normalized spacial score (nSPS) is 15.9. The number of rotatable bonds is 2. The van der Waals surface area contributed by atoms with Crippen LogP contribution in [0.1, 0.15) is 6.92 Å². The van der Waals surface area contributed by atoms with Crippen molar-refractivity contribution >= 4 is 35.8 Å². The predicted molar refractivity (Wildman–Crippen MR) is 30.9 cm³/mol. The van der Waals surface area contributed by atoms with Crippen molar-refractivity contribution in [3.63, 3.8) is 0 Å². The zero-order chi connectivity index (χ0) is 5.86. The van der Waals surface area contributed by atoms with Crippen LogP contribution in [0.15, 0.2) is 0 Å². The second-order valence-corrected chi connectivity index (χ2v) is 1.37. The molecule has 3 nitrogen and oxygen atoms in total. The number of hydrogen-bond donors (Lipinski definition) is 2. The second-order valence-electron chi connectivity index (χ2n) is 1.37. The van der Waals surface area contributed by atoms with E-state index in [1.807, 2.05) is 0 Å². The van der Waals surface area contributed by atoms with Gasteiger partial charge in [-0.15, -0.1) is 0 Å². The first kappa shape index (κ1) is 11.4. The quantitative estimate of drug-likeness (QED) is 0.343. The topological polar surface area (TPSA) is 57.5 Å². The molecule has 2 atom stereocenters. The number of hydrogen-bond acceptors (Lipinski definition) is 3. The maximum absolute atomic E-state index is 9.54. The molecule has 0 fully saturated rings. The van der Waals surface area contributed by atoms with Crippen LogP contribution in [0.25, 0.3) is 0 Å². The van der Waals surface area contributed by atoms with Crippen LogP contribution in [0.3, 0.4) is 0 Å². The van der Waals surface area contributed by atoms with Gasteiger partial charge in [0.2, 0.25) is 0 Å². The summed E-state index contributed by atoms with van der Waals surface area (Å²) in [4.78, 5) is 9.54. The molecule has 0 aromatic heterocycles. The molecule has 0 aliphatic rings. The summed E-state index contributed by atoms with van der Waals surface area (Å²) in [5, 5.41) is 16.7. The summed E-state index contributed by atoms with van der Waals surface area (Å²) in [6.07, 6.45) is -1.87. The van der Waals surface area contributed by atoms with Gasteiger partial charge >= 0.3 is 29.6 Å². The van der Waals surface area contributed by atoms with E-state index >= 15 is 0 Å². The van der Waals surface area contributed by atoms with Crippen LogP contribution >= 0.6 is 0 Å². The van der Waals surface area contributed by atoms with E-state index in [0.717, 1.165) is 0 Å². The Balaban J connectivity index is 0. The van der Waals surface area contributed by atoms with E-state index in [1.165, 1.54) is 6.92 Å². The third-order valence-electron chi connectivity index (χ3n) is 0.634. The Morgan fingerprint density at radius 1 is 1.50 bits per heavy atom. The molecule has 0 aromatic rings. The SMILES string of the molecule is CC(O)C(O)C=O.[NaH]. The Hall–Kier alpha value is 0.590. The van der Waals surface area contributed by atoms with Gasteiger partial charge in [0.05, 0.1) is 6.10 Å². The van der Waals surface area contributed by atoms with Crippen molar-refractivity contribution in [3.8, 4) is 0 Å². The van der Waals surface area contributed by atoms with E-state index in [4.69, 9.17) is 10.2 Å². The number of aliphatic hydroxyl groups is 2. The summed E-state index contributed by atoms with van der Waals surface area (Å²) in [6, 6.07) is 0. The van der Waals surface area contributed by atoms with Crippen molar-refractivity contribution in [2.24, 2.45) is 0 Å². The van der Waals surface area contributed by atoms with E-state index in [0.29, 0.717) is 6.29 Å². The van der Waals surface area contributed by atoms with E-state index in [-0.39, 0.29) is 29.6 Å². The number of carbonyl (C=O) groups is 1. The minimum absolute atomic E-state index is 0. The second kappa shape index (κ2) is 5.72. The summed E-state index contributed by atoms with van der Waals surface area (Å²) < 4.78 is 0. The van der Waals surface area contributed by atoms with Gasteiger partial charge in [-0.3, -0.25) is 0 Å². The molecule has 0 saturated carbocycles. The van der Waals surface area contributed by atoms with Gasteiger partial charge in [0.1, 0.15) is 6.10 Å². The van der Waals surface area contributed by atoms with E-state index in [1.54, 1.807) is 0 Å². The molecular formula is C4H9NaO3. The van der Waals surface area contributed by atoms with Gasteiger partial charge in [-0.05, 0) is 6.92 Å². The zero-order valence-corrected chi connectivity index (χ0v) is 4.03. The first-order valence-electron chi connectivity index (χ1n) is 2.00. The molecule has 0 saturated heterocycles. The van der Waals surface area contributed by atoms with Crippen molar-refractivity contribution in [2.75, 3.05) is 0 Å². The van der Waals surface area contributed by atoms with Crippen molar-refractivity contribution in [1.82, 2.24) is 0 Å². The summed E-state index contributed by atoms with van der Waals surface area (Å²) in [5.74, 6) is 0. The monoisotopic (exact) mass is 128 g/mol. The van der Waals surface area contributed by atoms with Gasteiger partial charge in [-0.2, -0.15) is 0 Å². The van der Waals surface area contributed by atoms with Crippen molar-refractivity contribution in [3.05, 3.63) is 0 Å². The molecule has 0 heterocycles. The van der Waals surface area contributed by atoms with Crippen LogP contribution in [0, 0.1) is 0 Å². The summed E-state index contributed by atoms with van der Waals surface area (Å²) in [5.41, 5.74) is 0. The van der Waals surface area contributed by atoms with E-state index < -0.39 is 12.2 Å². The zero-order valence-electron chi connectivity index (χ0n) is 4.03. The average Bonchev–Trinajstić information content (AvgIpc) is 1.65. The third kappa shape index (κ3) is 4.74. The average molecular weight is 128 g/mol. The molecule has 8 heavy (non-hydrogen) atoms. The first-order chi connectivity index (χ1) is 3.18. The Morgan fingerprint density at radius 3 is 1.88 bits per heavy atom. The standard InChI is InChI=1S/C4H8O3.Na.H/c1-3(6)4(7)2-5;;/h2-4,6-7H,1H3;;. The first-order valence-corrected chi connectivity index (χ1v) is 2.00. The summed E-state index contributed by atoms with van der Waals surface area (Å²) >= 11 is 0. The Labute approximate surface area is 70.0 Å². The molecule has 2 N–H and O–H groups in total. The number of carbonyl (C=O) groups excluding carboxylic acids is 1. The number of aldehydes is 1. The van der Waals surface area contributed by atoms with Gasteiger partial charge in [0.15, 0.2) is 6.29 Å². The van der Waals surface area contributed by atoms with Crippen LogP contribution < -0.4 is 0 Å². The molecule has 2 unspecified atom stereocenters. The van der Waals surface area contributed by atoms with Gasteiger partial charge in [-0.25, -0.2) is 0 Å². The van der Waals surface area contributed by atoms with Gasteiger partial charge < -0.3 is 15.0 Å². The maximum atomic E-state index is 9.54.